The van der Waals surface area contributed by atoms with Crippen molar-refractivity contribution in [2.45, 2.75) is 51.2 Å². The first-order valence-corrected chi connectivity index (χ1v) is 7.26. The zero-order valence-electron chi connectivity index (χ0n) is 12.0. The molecule has 1 aromatic carbocycles. The summed E-state index contributed by atoms with van der Waals surface area (Å²) in [4.78, 5) is 0. The lowest BCUT2D eigenvalue weighted by molar-refractivity contribution is -0.150. The molecule has 1 N–H and O–H groups in total. The third-order valence-electron chi connectivity index (χ3n) is 4.20. The molecule has 1 aromatic rings. The Kier molecular flexibility index (Phi) is 4.76. The average Bonchev–Trinajstić information content (AvgIpc) is 2.41. The molecule has 0 heterocycles. The lowest BCUT2D eigenvalue weighted by Crippen LogP contribution is -2.44. The molecule has 2 rings (SSSR count). The first-order valence-electron chi connectivity index (χ1n) is 7.26. The van der Waals surface area contributed by atoms with Crippen molar-refractivity contribution in [3.63, 3.8) is 0 Å². The second-order valence-corrected chi connectivity index (χ2v) is 5.74. The lowest BCUT2D eigenvalue weighted by Gasteiger charge is -2.43. The summed E-state index contributed by atoms with van der Waals surface area (Å²) in [6.45, 7) is 4.40. The van der Waals surface area contributed by atoms with Crippen LogP contribution in [0.2, 0.25) is 0 Å². The minimum atomic E-state index is -1.14. The summed E-state index contributed by atoms with van der Waals surface area (Å²) >= 11 is 0. The minimum absolute atomic E-state index is 0.00690. The molecule has 20 heavy (non-hydrogen) atoms. The summed E-state index contributed by atoms with van der Waals surface area (Å²) in [5.74, 6) is -1.50. The first kappa shape index (κ1) is 15.4. The van der Waals surface area contributed by atoms with E-state index >= 15 is 0 Å². The van der Waals surface area contributed by atoms with Crippen molar-refractivity contribution in [2.75, 3.05) is 6.61 Å². The van der Waals surface area contributed by atoms with Gasteiger partial charge >= 0.3 is 0 Å². The molecular weight excluding hydrogens is 262 g/mol. The quantitative estimate of drug-likeness (QED) is 0.906. The summed E-state index contributed by atoms with van der Waals surface area (Å²) < 4.78 is 33.1. The number of aliphatic hydroxyl groups is 1. The van der Waals surface area contributed by atoms with Crippen molar-refractivity contribution in [1.82, 2.24) is 0 Å². The van der Waals surface area contributed by atoms with E-state index in [0.717, 1.165) is 18.9 Å². The van der Waals surface area contributed by atoms with Crippen LogP contribution in [0, 0.1) is 17.6 Å². The number of rotatable bonds is 4. The van der Waals surface area contributed by atoms with Gasteiger partial charge < -0.3 is 9.84 Å². The predicted molar refractivity (Wildman–Crippen MR) is 73.3 cm³/mol. The van der Waals surface area contributed by atoms with Crippen molar-refractivity contribution in [2.24, 2.45) is 5.92 Å². The van der Waals surface area contributed by atoms with Crippen molar-refractivity contribution in [1.29, 1.82) is 0 Å². The van der Waals surface area contributed by atoms with Crippen LogP contribution in [-0.2, 0) is 4.74 Å². The fraction of sp³-hybridized carbons (Fsp3) is 0.625. The Hall–Kier alpha value is -1.00. The summed E-state index contributed by atoms with van der Waals surface area (Å²) in [6, 6.07) is 3.91. The van der Waals surface area contributed by atoms with Crippen molar-refractivity contribution < 1.29 is 18.6 Å². The van der Waals surface area contributed by atoms with Crippen LogP contribution in [0.15, 0.2) is 18.2 Å². The average molecular weight is 284 g/mol. The monoisotopic (exact) mass is 284 g/mol. The van der Waals surface area contributed by atoms with Gasteiger partial charge in [0.15, 0.2) is 11.6 Å². The van der Waals surface area contributed by atoms with E-state index < -0.39 is 23.3 Å². The van der Waals surface area contributed by atoms with Gasteiger partial charge in [0.05, 0.1) is 5.60 Å². The van der Waals surface area contributed by atoms with Gasteiger partial charge in [-0.2, -0.15) is 0 Å². The van der Waals surface area contributed by atoms with Gasteiger partial charge in [-0.05, 0) is 31.7 Å². The molecule has 1 aliphatic rings. The van der Waals surface area contributed by atoms with Gasteiger partial charge in [0.2, 0.25) is 0 Å². The molecule has 3 unspecified atom stereocenters. The SMILES string of the molecule is CCOC1(C(O)c2cccc(F)c2F)CCCC(C)C1. The van der Waals surface area contributed by atoms with Gasteiger partial charge in [-0.3, -0.25) is 0 Å². The zero-order valence-corrected chi connectivity index (χ0v) is 12.0. The van der Waals surface area contributed by atoms with Gasteiger partial charge in [0.1, 0.15) is 6.10 Å². The van der Waals surface area contributed by atoms with E-state index in [1.54, 1.807) is 0 Å². The molecule has 0 saturated heterocycles. The van der Waals surface area contributed by atoms with E-state index in [1.165, 1.54) is 12.1 Å². The molecule has 112 valence electrons. The van der Waals surface area contributed by atoms with Gasteiger partial charge in [-0.25, -0.2) is 8.78 Å². The standard InChI is InChI=1S/C16H22F2O2/c1-3-20-16(9-5-6-11(2)10-16)15(19)12-7-4-8-13(17)14(12)18/h4,7-8,11,15,19H,3,5-6,9-10H2,1-2H3. The van der Waals surface area contributed by atoms with Crippen LogP contribution in [0.4, 0.5) is 8.78 Å². The molecule has 0 amide bonds. The van der Waals surface area contributed by atoms with E-state index in [4.69, 9.17) is 4.74 Å². The molecule has 4 heteroatoms. The Morgan fingerprint density at radius 3 is 2.85 bits per heavy atom. The van der Waals surface area contributed by atoms with E-state index in [2.05, 4.69) is 6.92 Å². The smallest absolute Gasteiger partial charge is 0.164 e. The fourth-order valence-electron chi connectivity index (χ4n) is 3.30. The molecule has 1 aliphatic carbocycles. The van der Waals surface area contributed by atoms with Crippen LogP contribution in [0.3, 0.4) is 0 Å². The molecule has 0 aromatic heterocycles. The topological polar surface area (TPSA) is 29.5 Å². The summed E-state index contributed by atoms with van der Waals surface area (Å²) in [5, 5.41) is 10.6. The second kappa shape index (κ2) is 6.19. The van der Waals surface area contributed by atoms with Crippen LogP contribution >= 0.6 is 0 Å². The second-order valence-electron chi connectivity index (χ2n) is 5.74. The zero-order chi connectivity index (χ0) is 14.8. The Balaban J connectivity index is 2.35. The maximum Gasteiger partial charge on any atom is 0.164 e. The minimum Gasteiger partial charge on any atom is -0.385 e. The number of hydrogen-bond acceptors (Lipinski definition) is 2. The van der Waals surface area contributed by atoms with Gasteiger partial charge in [0.25, 0.3) is 0 Å². The van der Waals surface area contributed by atoms with Crippen LogP contribution in [0.5, 0.6) is 0 Å². The highest BCUT2D eigenvalue weighted by Gasteiger charge is 2.43. The van der Waals surface area contributed by atoms with Crippen LogP contribution in [0.1, 0.15) is 51.2 Å². The van der Waals surface area contributed by atoms with E-state index in [-0.39, 0.29) is 5.56 Å². The number of ether oxygens (including phenoxy) is 1. The van der Waals surface area contributed by atoms with Gasteiger partial charge in [0, 0.05) is 12.2 Å². The molecule has 1 saturated carbocycles. The van der Waals surface area contributed by atoms with Crippen molar-refractivity contribution in [3.8, 4) is 0 Å². The number of aliphatic hydroxyl groups excluding tert-OH is 1. The number of hydrogen-bond donors (Lipinski definition) is 1. The van der Waals surface area contributed by atoms with Crippen molar-refractivity contribution >= 4 is 0 Å². The Morgan fingerprint density at radius 2 is 2.20 bits per heavy atom. The molecule has 0 radical (unpaired) electrons. The van der Waals surface area contributed by atoms with Crippen LogP contribution in [0.25, 0.3) is 0 Å². The Bertz CT molecular complexity index is 460. The first-order chi connectivity index (χ1) is 9.50. The van der Waals surface area contributed by atoms with Crippen LogP contribution in [-0.4, -0.2) is 17.3 Å². The maximum absolute atomic E-state index is 13.9. The highest BCUT2D eigenvalue weighted by Crippen LogP contribution is 2.44. The maximum atomic E-state index is 13.9. The highest BCUT2D eigenvalue weighted by molar-refractivity contribution is 5.24. The van der Waals surface area contributed by atoms with Crippen molar-refractivity contribution in [3.05, 3.63) is 35.4 Å². The highest BCUT2D eigenvalue weighted by atomic mass is 19.2. The molecule has 2 nitrogen and oxygen atoms in total. The normalized spacial score (nSPS) is 28.4. The lowest BCUT2D eigenvalue weighted by atomic mass is 9.74. The molecular formula is C16H22F2O2. The Morgan fingerprint density at radius 1 is 1.45 bits per heavy atom. The molecule has 1 fully saturated rings. The molecule has 0 aliphatic heterocycles. The number of benzene rings is 1. The Labute approximate surface area is 118 Å². The van der Waals surface area contributed by atoms with E-state index in [1.807, 2.05) is 6.92 Å². The summed E-state index contributed by atoms with van der Waals surface area (Å²) in [7, 11) is 0. The van der Waals surface area contributed by atoms with Gasteiger partial charge in [-0.1, -0.05) is 31.9 Å². The number of halogens is 2. The van der Waals surface area contributed by atoms with E-state index in [9.17, 15) is 13.9 Å². The van der Waals surface area contributed by atoms with E-state index in [0.29, 0.717) is 25.4 Å². The predicted octanol–water partition coefficient (Wildman–Crippen LogP) is 3.98. The largest absolute Gasteiger partial charge is 0.385 e. The molecule has 0 bridgehead atoms. The van der Waals surface area contributed by atoms with Gasteiger partial charge in [-0.15, -0.1) is 0 Å². The fourth-order valence-corrected chi connectivity index (χ4v) is 3.30. The summed E-state index contributed by atoms with van der Waals surface area (Å²) in [5.41, 5.74) is -0.811. The molecule has 0 spiro atoms. The molecule has 3 atom stereocenters. The third kappa shape index (κ3) is 2.86. The third-order valence-corrected chi connectivity index (χ3v) is 4.20. The van der Waals surface area contributed by atoms with Crippen LogP contribution < -0.4 is 0 Å². The summed E-state index contributed by atoms with van der Waals surface area (Å²) in [6.07, 6.45) is 2.20.